The maximum Gasteiger partial charge on any atom is 0.240 e. The molecule has 1 atom stereocenters. The summed E-state index contributed by atoms with van der Waals surface area (Å²) in [7, 11) is 0. The summed E-state index contributed by atoms with van der Waals surface area (Å²) >= 11 is 1.65. The van der Waals surface area contributed by atoms with Crippen molar-refractivity contribution in [2.24, 2.45) is 5.73 Å². The Morgan fingerprint density at radius 3 is 2.69 bits per heavy atom. The van der Waals surface area contributed by atoms with Gasteiger partial charge in [0, 0.05) is 35.9 Å². The van der Waals surface area contributed by atoms with E-state index >= 15 is 0 Å². The van der Waals surface area contributed by atoms with Gasteiger partial charge in [-0.25, -0.2) is 0 Å². The Hall–Kier alpha value is -0.910. The second kappa shape index (κ2) is 4.95. The largest absolute Gasteiger partial charge is 0.368 e. The number of nitrogens with one attached hydrogen (secondary N) is 1. The molecular weight excluding hydrogens is 222 g/mol. The zero-order chi connectivity index (χ0) is 11.5. The molecule has 0 aromatic carbocycles. The molecule has 1 amide bonds. The number of nitrogens with two attached hydrogens (primary N) is 1. The number of primary amides is 1. The summed E-state index contributed by atoms with van der Waals surface area (Å²) in [6.07, 6.45) is 0. The van der Waals surface area contributed by atoms with E-state index in [4.69, 9.17) is 5.73 Å². The van der Waals surface area contributed by atoms with E-state index in [1.165, 1.54) is 4.88 Å². The molecule has 16 heavy (non-hydrogen) atoms. The highest BCUT2D eigenvalue weighted by Gasteiger charge is 2.27. The molecule has 1 fully saturated rings. The first-order valence-corrected chi connectivity index (χ1v) is 6.30. The fraction of sp³-hybridized carbons (Fsp3) is 0.545. The lowest BCUT2D eigenvalue weighted by Crippen LogP contribution is -2.48. The molecule has 0 aliphatic carbocycles. The van der Waals surface area contributed by atoms with Crippen LogP contribution in [0.2, 0.25) is 0 Å². The molecule has 0 radical (unpaired) electrons. The molecule has 1 aliphatic rings. The predicted octanol–water partition coefficient (Wildman–Crippen LogP) is 0.488. The molecule has 5 heteroatoms. The van der Waals surface area contributed by atoms with Gasteiger partial charge >= 0.3 is 0 Å². The van der Waals surface area contributed by atoms with E-state index in [-0.39, 0.29) is 11.9 Å². The van der Waals surface area contributed by atoms with Crippen LogP contribution in [-0.4, -0.2) is 37.0 Å². The number of hydrogen-bond donors (Lipinski definition) is 2. The quantitative estimate of drug-likeness (QED) is 0.807. The summed E-state index contributed by atoms with van der Waals surface area (Å²) in [6, 6.07) is 3.80. The van der Waals surface area contributed by atoms with Crippen molar-refractivity contribution >= 4 is 17.2 Å². The first-order chi connectivity index (χ1) is 7.68. The third-order valence-electron chi connectivity index (χ3n) is 2.82. The molecule has 0 spiro atoms. The predicted molar refractivity (Wildman–Crippen MR) is 65.4 cm³/mol. The van der Waals surface area contributed by atoms with Crippen LogP contribution in [0.4, 0.5) is 0 Å². The Bertz CT molecular complexity index is 371. The number of carbonyl (C=O) groups excluding carboxylic acids is 1. The molecule has 1 aromatic rings. The van der Waals surface area contributed by atoms with Gasteiger partial charge in [0.25, 0.3) is 0 Å². The van der Waals surface area contributed by atoms with Gasteiger partial charge in [0.2, 0.25) is 5.91 Å². The fourth-order valence-electron chi connectivity index (χ4n) is 2.04. The molecule has 88 valence electrons. The average Bonchev–Trinajstić information content (AvgIpc) is 2.66. The number of thiophene rings is 1. The van der Waals surface area contributed by atoms with E-state index in [0.29, 0.717) is 0 Å². The number of hydrogen-bond acceptors (Lipinski definition) is 4. The third kappa shape index (κ3) is 2.42. The van der Waals surface area contributed by atoms with E-state index in [2.05, 4.69) is 10.2 Å². The van der Waals surface area contributed by atoms with Gasteiger partial charge in [-0.15, -0.1) is 11.3 Å². The monoisotopic (exact) mass is 239 g/mol. The van der Waals surface area contributed by atoms with Crippen molar-refractivity contribution in [3.05, 3.63) is 21.9 Å². The summed E-state index contributed by atoms with van der Waals surface area (Å²) in [5.74, 6) is -0.247. The van der Waals surface area contributed by atoms with E-state index in [0.717, 1.165) is 31.1 Å². The number of amides is 1. The van der Waals surface area contributed by atoms with E-state index in [9.17, 15) is 4.79 Å². The van der Waals surface area contributed by atoms with Crippen molar-refractivity contribution in [1.29, 1.82) is 0 Å². The first-order valence-electron chi connectivity index (χ1n) is 5.49. The molecular formula is C11H17N3OS. The Kier molecular flexibility index (Phi) is 3.58. The first kappa shape index (κ1) is 11.6. The second-order valence-electron chi connectivity index (χ2n) is 4.04. The highest BCUT2D eigenvalue weighted by molar-refractivity contribution is 7.12. The Morgan fingerprint density at radius 2 is 2.19 bits per heavy atom. The van der Waals surface area contributed by atoms with Crippen LogP contribution < -0.4 is 11.1 Å². The van der Waals surface area contributed by atoms with Crippen molar-refractivity contribution in [3.8, 4) is 0 Å². The van der Waals surface area contributed by atoms with Gasteiger partial charge in [0.05, 0.1) is 0 Å². The molecule has 1 saturated heterocycles. The maximum atomic E-state index is 11.6. The van der Waals surface area contributed by atoms with Crippen LogP contribution >= 0.6 is 11.3 Å². The summed E-state index contributed by atoms with van der Waals surface area (Å²) in [4.78, 5) is 16.0. The molecule has 1 aromatic heterocycles. The third-order valence-corrected chi connectivity index (χ3v) is 3.87. The molecule has 1 unspecified atom stereocenters. The van der Waals surface area contributed by atoms with Crippen LogP contribution in [0.1, 0.15) is 15.8 Å². The summed E-state index contributed by atoms with van der Waals surface area (Å²) in [6.45, 7) is 5.65. The lowest BCUT2D eigenvalue weighted by atomic mass is 10.1. The minimum absolute atomic E-state index is 0.247. The van der Waals surface area contributed by atoms with Crippen molar-refractivity contribution in [2.75, 3.05) is 26.2 Å². The maximum absolute atomic E-state index is 11.6. The van der Waals surface area contributed by atoms with Gasteiger partial charge < -0.3 is 11.1 Å². The highest BCUT2D eigenvalue weighted by atomic mass is 32.1. The lowest BCUT2D eigenvalue weighted by molar-refractivity contribution is -0.123. The summed E-state index contributed by atoms with van der Waals surface area (Å²) in [5, 5.41) is 3.27. The normalized spacial score (nSPS) is 19.6. The van der Waals surface area contributed by atoms with Gasteiger partial charge in [-0.3, -0.25) is 9.69 Å². The number of nitrogens with zero attached hydrogens (tertiary/aromatic N) is 1. The number of carbonyl (C=O) groups is 1. The van der Waals surface area contributed by atoms with E-state index in [1.54, 1.807) is 11.3 Å². The zero-order valence-electron chi connectivity index (χ0n) is 9.40. The number of aryl methyl sites for hydroxylation is 1. The van der Waals surface area contributed by atoms with Crippen LogP contribution in [0.3, 0.4) is 0 Å². The molecule has 2 heterocycles. The Labute approximate surface area is 99.4 Å². The van der Waals surface area contributed by atoms with Crippen molar-refractivity contribution in [2.45, 2.75) is 13.0 Å². The zero-order valence-corrected chi connectivity index (χ0v) is 10.2. The van der Waals surface area contributed by atoms with Crippen molar-refractivity contribution < 1.29 is 4.79 Å². The van der Waals surface area contributed by atoms with Crippen molar-refractivity contribution in [1.82, 2.24) is 10.2 Å². The number of rotatable bonds is 3. The SMILES string of the molecule is Cc1ccc(C(C(N)=O)N2CCNCC2)s1. The van der Waals surface area contributed by atoms with Crippen LogP contribution in [0.25, 0.3) is 0 Å². The van der Waals surface area contributed by atoms with Crippen LogP contribution in [-0.2, 0) is 4.79 Å². The van der Waals surface area contributed by atoms with Gasteiger partial charge in [-0.2, -0.15) is 0 Å². The minimum Gasteiger partial charge on any atom is -0.368 e. The highest BCUT2D eigenvalue weighted by Crippen LogP contribution is 2.27. The molecule has 0 bridgehead atoms. The summed E-state index contributed by atoms with van der Waals surface area (Å²) < 4.78 is 0. The minimum atomic E-state index is -0.249. The Morgan fingerprint density at radius 1 is 1.50 bits per heavy atom. The van der Waals surface area contributed by atoms with Crippen LogP contribution in [0, 0.1) is 6.92 Å². The average molecular weight is 239 g/mol. The topological polar surface area (TPSA) is 58.4 Å². The van der Waals surface area contributed by atoms with Gasteiger partial charge in [-0.1, -0.05) is 0 Å². The smallest absolute Gasteiger partial charge is 0.240 e. The fourth-order valence-corrected chi connectivity index (χ4v) is 3.06. The van der Waals surface area contributed by atoms with Crippen LogP contribution in [0.15, 0.2) is 12.1 Å². The summed E-state index contributed by atoms with van der Waals surface area (Å²) in [5.41, 5.74) is 5.51. The van der Waals surface area contributed by atoms with Gasteiger partial charge in [0.1, 0.15) is 6.04 Å². The standard InChI is InChI=1S/C11H17N3OS/c1-8-2-3-9(16-8)10(11(12)15)14-6-4-13-5-7-14/h2-3,10,13H,4-7H2,1H3,(H2,12,15). The number of piperazine rings is 1. The van der Waals surface area contributed by atoms with Gasteiger partial charge in [0.15, 0.2) is 0 Å². The molecule has 0 saturated carbocycles. The molecule has 4 nitrogen and oxygen atoms in total. The molecule has 3 N–H and O–H groups in total. The Balaban J connectivity index is 2.19. The lowest BCUT2D eigenvalue weighted by Gasteiger charge is -2.32. The van der Waals surface area contributed by atoms with Gasteiger partial charge in [-0.05, 0) is 19.1 Å². The molecule has 2 rings (SSSR count). The van der Waals surface area contributed by atoms with E-state index < -0.39 is 0 Å². The van der Waals surface area contributed by atoms with Crippen molar-refractivity contribution in [3.63, 3.8) is 0 Å². The second-order valence-corrected chi connectivity index (χ2v) is 5.36. The van der Waals surface area contributed by atoms with Crippen LogP contribution in [0.5, 0.6) is 0 Å². The molecule has 1 aliphatic heterocycles. The van der Waals surface area contributed by atoms with E-state index in [1.807, 2.05) is 19.1 Å².